The van der Waals surface area contributed by atoms with Crippen molar-refractivity contribution in [2.24, 2.45) is 0 Å². The number of hydrogen-bond acceptors (Lipinski definition) is 4. The normalized spacial score (nSPS) is 9.50. The van der Waals surface area contributed by atoms with E-state index in [0.717, 1.165) is 0 Å². The molecule has 1 aromatic carbocycles. The van der Waals surface area contributed by atoms with Gasteiger partial charge in [-0.3, -0.25) is 0 Å². The fraction of sp³-hybridized carbons (Fsp3) is 0. The van der Waals surface area contributed by atoms with Gasteiger partial charge in [-0.25, -0.2) is 14.4 Å². The molecule has 0 aliphatic rings. The van der Waals surface area contributed by atoms with Crippen molar-refractivity contribution in [2.45, 2.75) is 0 Å². The number of hydrogen-bond donors (Lipinski definition) is 1. The van der Waals surface area contributed by atoms with Gasteiger partial charge < -0.3 is 5.32 Å². The Morgan fingerprint density at radius 2 is 2.06 bits per heavy atom. The quantitative estimate of drug-likeness (QED) is 0.832. The zero-order valence-corrected chi connectivity index (χ0v) is 8.18. The summed E-state index contributed by atoms with van der Waals surface area (Å²) < 4.78 is 13.3. The minimum Gasteiger partial charge on any atom is -0.322 e. The molecule has 0 amide bonds. The molecule has 0 saturated carbocycles. The number of nitriles is 1. The highest BCUT2D eigenvalue weighted by Crippen LogP contribution is 2.16. The van der Waals surface area contributed by atoms with E-state index in [9.17, 15) is 4.39 Å². The highest BCUT2D eigenvalue weighted by Gasteiger charge is 2.03. The maximum absolute atomic E-state index is 13.3. The summed E-state index contributed by atoms with van der Waals surface area (Å²) in [6, 6.07) is 9.54. The zero-order valence-electron chi connectivity index (χ0n) is 8.18. The molecule has 2 rings (SSSR count). The summed E-state index contributed by atoms with van der Waals surface area (Å²) in [4.78, 5) is 7.76. The van der Waals surface area contributed by atoms with E-state index >= 15 is 0 Å². The molecule has 2 aromatic rings. The third kappa shape index (κ3) is 2.12. The van der Waals surface area contributed by atoms with E-state index in [1.165, 1.54) is 18.3 Å². The van der Waals surface area contributed by atoms with E-state index in [2.05, 4.69) is 15.3 Å². The number of para-hydroxylation sites is 1. The maximum Gasteiger partial charge on any atom is 0.228 e. The predicted octanol–water partition coefficient (Wildman–Crippen LogP) is 2.23. The number of nitrogens with one attached hydrogen (secondary N) is 1. The SMILES string of the molecule is N#Cc1ccnc(Nc2ccccc2F)n1. The molecule has 0 atom stereocenters. The van der Waals surface area contributed by atoms with E-state index in [1.807, 2.05) is 6.07 Å². The second-order valence-electron chi connectivity index (χ2n) is 2.98. The van der Waals surface area contributed by atoms with E-state index in [1.54, 1.807) is 18.2 Å². The minimum absolute atomic E-state index is 0.198. The van der Waals surface area contributed by atoms with Crippen LogP contribution in [0.15, 0.2) is 36.5 Å². The first-order chi connectivity index (χ1) is 7.79. The summed E-state index contributed by atoms with van der Waals surface area (Å²) in [7, 11) is 0. The van der Waals surface area contributed by atoms with Crippen LogP contribution in [0.1, 0.15) is 5.69 Å². The summed E-state index contributed by atoms with van der Waals surface area (Å²) in [5.41, 5.74) is 0.506. The standard InChI is InChI=1S/C11H7FN4/c12-9-3-1-2-4-10(9)16-11-14-6-5-8(7-13)15-11/h1-6H,(H,14,15,16). The molecule has 0 bridgehead atoms. The van der Waals surface area contributed by atoms with Gasteiger partial charge in [-0.1, -0.05) is 12.1 Å². The molecule has 0 saturated heterocycles. The van der Waals surface area contributed by atoms with E-state index in [4.69, 9.17) is 5.26 Å². The molecule has 0 spiro atoms. The van der Waals surface area contributed by atoms with Crippen molar-refractivity contribution in [3.05, 3.63) is 48.0 Å². The molecule has 16 heavy (non-hydrogen) atoms. The lowest BCUT2D eigenvalue weighted by atomic mass is 10.3. The fourth-order valence-corrected chi connectivity index (χ4v) is 1.16. The molecule has 1 heterocycles. The Bertz CT molecular complexity index is 548. The Morgan fingerprint density at radius 3 is 2.81 bits per heavy atom. The van der Waals surface area contributed by atoms with Crippen LogP contribution in [-0.2, 0) is 0 Å². The molecule has 1 N–H and O–H groups in total. The van der Waals surface area contributed by atoms with Crippen LogP contribution in [0.2, 0.25) is 0 Å². The molecule has 78 valence electrons. The van der Waals surface area contributed by atoms with Gasteiger partial charge in [-0.05, 0) is 18.2 Å². The van der Waals surface area contributed by atoms with Crippen LogP contribution in [0, 0.1) is 17.1 Å². The highest BCUT2D eigenvalue weighted by atomic mass is 19.1. The molecule has 0 fully saturated rings. The van der Waals surface area contributed by atoms with Crippen LogP contribution in [0.3, 0.4) is 0 Å². The van der Waals surface area contributed by atoms with E-state index in [0.29, 0.717) is 0 Å². The van der Waals surface area contributed by atoms with Gasteiger partial charge in [0.2, 0.25) is 5.95 Å². The van der Waals surface area contributed by atoms with Crippen molar-refractivity contribution in [2.75, 3.05) is 5.32 Å². The molecule has 4 nitrogen and oxygen atoms in total. The average molecular weight is 214 g/mol. The van der Waals surface area contributed by atoms with Gasteiger partial charge in [0, 0.05) is 6.20 Å². The number of nitrogens with zero attached hydrogens (tertiary/aromatic N) is 3. The number of anilines is 2. The molecule has 1 aromatic heterocycles. The van der Waals surface area contributed by atoms with Crippen molar-refractivity contribution >= 4 is 11.6 Å². The first-order valence-electron chi connectivity index (χ1n) is 4.54. The summed E-state index contributed by atoms with van der Waals surface area (Å²) >= 11 is 0. The average Bonchev–Trinajstić information content (AvgIpc) is 2.32. The van der Waals surface area contributed by atoms with Gasteiger partial charge in [-0.15, -0.1) is 0 Å². The van der Waals surface area contributed by atoms with E-state index < -0.39 is 5.82 Å². The lowest BCUT2D eigenvalue weighted by Gasteiger charge is -2.04. The van der Waals surface area contributed by atoms with Crippen LogP contribution in [0.5, 0.6) is 0 Å². The summed E-state index contributed by atoms with van der Waals surface area (Å²) in [5, 5.41) is 11.3. The smallest absolute Gasteiger partial charge is 0.228 e. The second kappa shape index (κ2) is 4.36. The molecule has 5 heteroatoms. The monoisotopic (exact) mass is 214 g/mol. The van der Waals surface area contributed by atoms with Crippen LogP contribution in [0.4, 0.5) is 16.0 Å². The fourth-order valence-electron chi connectivity index (χ4n) is 1.16. The largest absolute Gasteiger partial charge is 0.322 e. The molecule has 0 aliphatic carbocycles. The van der Waals surface area contributed by atoms with E-state index in [-0.39, 0.29) is 17.3 Å². The first kappa shape index (κ1) is 10.1. The molecular weight excluding hydrogens is 207 g/mol. The second-order valence-corrected chi connectivity index (χ2v) is 2.98. The Hall–Kier alpha value is -2.48. The minimum atomic E-state index is -0.395. The Balaban J connectivity index is 2.28. The van der Waals surface area contributed by atoms with Gasteiger partial charge in [-0.2, -0.15) is 5.26 Å². The lowest BCUT2D eigenvalue weighted by Crippen LogP contribution is -1.99. The number of benzene rings is 1. The Labute approximate surface area is 91.4 Å². The zero-order chi connectivity index (χ0) is 11.4. The number of halogens is 1. The van der Waals surface area contributed by atoms with Crippen molar-refractivity contribution < 1.29 is 4.39 Å². The van der Waals surface area contributed by atoms with Crippen LogP contribution < -0.4 is 5.32 Å². The molecule has 0 aliphatic heterocycles. The van der Waals surface area contributed by atoms with Crippen molar-refractivity contribution in [1.82, 2.24) is 9.97 Å². The number of rotatable bonds is 2. The third-order valence-electron chi connectivity index (χ3n) is 1.89. The third-order valence-corrected chi connectivity index (χ3v) is 1.89. The van der Waals surface area contributed by atoms with Crippen molar-refractivity contribution in [1.29, 1.82) is 5.26 Å². The molecular formula is C11H7FN4. The Kier molecular flexibility index (Phi) is 2.74. The predicted molar refractivity (Wildman–Crippen MR) is 56.4 cm³/mol. The topological polar surface area (TPSA) is 61.6 Å². The summed E-state index contributed by atoms with van der Waals surface area (Å²) in [6.07, 6.45) is 1.44. The van der Waals surface area contributed by atoms with Gasteiger partial charge >= 0.3 is 0 Å². The lowest BCUT2D eigenvalue weighted by molar-refractivity contribution is 0.631. The van der Waals surface area contributed by atoms with Crippen LogP contribution in [-0.4, -0.2) is 9.97 Å². The van der Waals surface area contributed by atoms with Crippen LogP contribution in [0.25, 0.3) is 0 Å². The van der Waals surface area contributed by atoms with Crippen molar-refractivity contribution in [3.8, 4) is 6.07 Å². The molecule has 0 radical (unpaired) electrons. The maximum atomic E-state index is 13.3. The molecule has 0 unspecified atom stereocenters. The number of aromatic nitrogens is 2. The highest BCUT2D eigenvalue weighted by molar-refractivity contribution is 5.53. The van der Waals surface area contributed by atoms with Crippen molar-refractivity contribution in [3.63, 3.8) is 0 Å². The van der Waals surface area contributed by atoms with Gasteiger partial charge in [0.05, 0.1) is 5.69 Å². The van der Waals surface area contributed by atoms with Gasteiger partial charge in [0.1, 0.15) is 17.6 Å². The first-order valence-corrected chi connectivity index (χ1v) is 4.54. The summed E-state index contributed by atoms with van der Waals surface area (Å²) in [5.74, 6) is -0.197. The van der Waals surface area contributed by atoms with Gasteiger partial charge in [0.15, 0.2) is 0 Å². The Morgan fingerprint density at radius 1 is 1.25 bits per heavy atom. The van der Waals surface area contributed by atoms with Crippen LogP contribution >= 0.6 is 0 Å². The van der Waals surface area contributed by atoms with Gasteiger partial charge in [0.25, 0.3) is 0 Å². The summed E-state index contributed by atoms with van der Waals surface area (Å²) in [6.45, 7) is 0.